The molecule has 2 saturated heterocycles. The Kier molecular flexibility index (Phi) is 3.37. The Morgan fingerprint density at radius 3 is 2.93 bits per heavy atom. The van der Waals surface area contributed by atoms with E-state index in [2.05, 4.69) is 5.32 Å². The minimum atomic E-state index is 0.141. The standard InChI is InChI=1S/C10H18N2O2/c13-10(9-4-3-5-11-8-9)12-6-1-2-7-14-12/h9,11H,1-8H2/t9-/m1/s1. The number of carbonyl (C=O) groups excluding carboxylic acids is 1. The van der Waals surface area contributed by atoms with Gasteiger partial charge in [-0.15, -0.1) is 0 Å². The number of rotatable bonds is 1. The Morgan fingerprint density at radius 1 is 1.36 bits per heavy atom. The summed E-state index contributed by atoms with van der Waals surface area (Å²) in [5.41, 5.74) is 0. The number of piperidine rings is 1. The van der Waals surface area contributed by atoms with Crippen LogP contribution < -0.4 is 5.32 Å². The SMILES string of the molecule is O=C([C@@H]1CCCNC1)N1CCCCO1. The molecular formula is C10H18N2O2. The molecule has 0 saturated carbocycles. The highest BCUT2D eigenvalue weighted by Gasteiger charge is 2.27. The molecule has 0 aromatic rings. The van der Waals surface area contributed by atoms with Crippen LogP contribution >= 0.6 is 0 Å². The molecule has 2 aliphatic rings. The van der Waals surface area contributed by atoms with Gasteiger partial charge < -0.3 is 5.32 Å². The molecule has 0 aromatic carbocycles. The van der Waals surface area contributed by atoms with E-state index in [0.29, 0.717) is 6.61 Å². The number of amides is 1. The summed E-state index contributed by atoms with van der Waals surface area (Å²) in [6.07, 6.45) is 4.26. The molecule has 0 unspecified atom stereocenters. The van der Waals surface area contributed by atoms with Gasteiger partial charge in [-0.3, -0.25) is 9.63 Å². The van der Waals surface area contributed by atoms with Crippen LogP contribution in [0, 0.1) is 5.92 Å². The van der Waals surface area contributed by atoms with Gasteiger partial charge in [0.25, 0.3) is 5.91 Å². The summed E-state index contributed by atoms with van der Waals surface area (Å²) in [6, 6.07) is 0. The lowest BCUT2D eigenvalue weighted by Gasteiger charge is -2.31. The third-order valence-corrected chi connectivity index (χ3v) is 2.89. The summed E-state index contributed by atoms with van der Waals surface area (Å²) in [6.45, 7) is 3.34. The van der Waals surface area contributed by atoms with E-state index < -0.39 is 0 Å². The van der Waals surface area contributed by atoms with E-state index in [4.69, 9.17) is 4.84 Å². The van der Waals surface area contributed by atoms with Gasteiger partial charge in [-0.1, -0.05) is 0 Å². The van der Waals surface area contributed by atoms with Crippen molar-refractivity contribution in [2.24, 2.45) is 5.92 Å². The Hall–Kier alpha value is -0.610. The maximum atomic E-state index is 11.9. The van der Waals surface area contributed by atoms with Gasteiger partial charge in [0.2, 0.25) is 0 Å². The molecule has 4 heteroatoms. The molecule has 0 radical (unpaired) electrons. The second-order valence-corrected chi connectivity index (χ2v) is 4.02. The highest BCUT2D eigenvalue weighted by Crippen LogP contribution is 2.16. The topological polar surface area (TPSA) is 41.6 Å². The molecular weight excluding hydrogens is 180 g/mol. The molecule has 80 valence electrons. The van der Waals surface area contributed by atoms with Crippen molar-refractivity contribution in [2.75, 3.05) is 26.2 Å². The van der Waals surface area contributed by atoms with Gasteiger partial charge in [0.1, 0.15) is 0 Å². The van der Waals surface area contributed by atoms with Crippen LogP contribution in [0.1, 0.15) is 25.7 Å². The van der Waals surface area contributed by atoms with Crippen LogP contribution in [-0.4, -0.2) is 37.2 Å². The molecule has 1 N–H and O–H groups in total. The zero-order valence-electron chi connectivity index (χ0n) is 8.50. The largest absolute Gasteiger partial charge is 0.316 e. The normalized spacial score (nSPS) is 28.9. The van der Waals surface area contributed by atoms with Crippen LogP contribution in [0.5, 0.6) is 0 Å². The first kappa shape index (κ1) is 9.93. The second-order valence-electron chi connectivity index (χ2n) is 4.02. The Labute approximate surface area is 84.6 Å². The molecule has 0 bridgehead atoms. The minimum absolute atomic E-state index is 0.141. The predicted octanol–water partition coefficient (Wildman–Crippen LogP) is 0.540. The highest BCUT2D eigenvalue weighted by atomic mass is 16.7. The average molecular weight is 198 g/mol. The quantitative estimate of drug-likeness (QED) is 0.668. The lowest BCUT2D eigenvalue weighted by Crippen LogP contribution is -2.44. The minimum Gasteiger partial charge on any atom is -0.316 e. The molecule has 2 fully saturated rings. The molecule has 1 atom stereocenters. The molecule has 0 aliphatic carbocycles. The molecule has 14 heavy (non-hydrogen) atoms. The van der Waals surface area contributed by atoms with E-state index >= 15 is 0 Å². The summed E-state index contributed by atoms with van der Waals surface area (Å²) < 4.78 is 0. The fraction of sp³-hybridized carbons (Fsp3) is 0.900. The van der Waals surface area contributed by atoms with E-state index in [1.807, 2.05) is 0 Å². The smallest absolute Gasteiger partial charge is 0.250 e. The van der Waals surface area contributed by atoms with E-state index in [9.17, 15) is 4.79 Å². The van der Waals surface area contributed by atoms with E-state index in [-0.39, 0.29) is 11.8 Å². The molecule has 2 aliphatic heterocycles. The van der Waals surface area contributed by atoms with Crippen molar-refractivity contribution in [1.82, 2.24) is 10.4 Å². The number of hydrogen-bond donors (Lipinski definition) is 1. The first-order valence-corrected chi connectivity index (χ1v) is 5.53. The molecule has 2 rings (SSSR count). The summed E-state index contributed by atoms with van der Waals surface area (Å²) in [5.74, 6) is 0.318. The van der Waals surface area contributed by atoms with Crippen molar-refractivity contribution in [3.05, 3.63) is 0 Å². The summed E-state index contributed by atoms with van der Waals surface area (Å²) in [5, 5.41) is 4.82. The Morgan fingerprint density at radius 2 is 2.29 bits per heavy atom. The van der Waals surface area contributed by atoms with Crippen molar-refractivity contribution in [2.45, 2.75) is 25.7 Å². The van der Waals surface area contributed by atoms with Gasteiger partial charge in [0.15, 0.2) is 0 Å². The van der Waals surface area contributed by atoms with Crippen LogP contribution in [0.25, 0.3) is 0 Å². The monoisotopic (exact) mass is 198 g/mol. The van der Waals surface area contributed by atoms with Gasteiger partial charge >= 0.3 is 0 Å². The van der Waals surface area contributed by atoms with Gasteiger partial charge in [-0.05, 0) is 32.2 Å². The van der Waals surface area contributed by atoms with E-state index in [1.54, 1.807) is 5.06 Å². The second kappa shape index (κ2) is 4.75. The highest BCUT2D eigenvalue weighted by molar-refractivity contribution is 5.78. The molecule has 0 spiro atoms. The van der Waals surface area contributed by atoms with Gasteiger partial charge in [0.05, 0.1) is 12.5 Å². The number of hydrogen-bond acceptors (Lipinski definition) is 3. The van der Waals surface area contributed by atoms with E-state index in [0.717, 1.165) is 45.3 Å². The summed E-state index contributed by atoms with van der Waals surface area (Å²) in [7, 11) is 0. The fourth-order valence-corrected chi connectivity index (χ4v) is 2.04. The first-order valence-electron chi connectivity index (χ1n) is 5.53. The first-order chi connectivity index (χ1) is 6.88. The van der Waals surface area contributed by atoms with Gasteiger partial charge in [0, 0.05) is 13.1 Å². The fourth-order valence-electron chi connectivity index (χ4n) is 2.04. The van der Waals surface area contributed by atoms with Crippen LogP contribution in [0.15, 0.2) is 0 Å². The maximum Gasteiger partial charge on any atom is 0.250 e. The van der Waals surface area contributed by atoms with Crippen LogP contribution in [0.4, 0.5) is 0 Å². The number of hydroxylamine groups is 2. The predicted molar refractivity (Wildman–Crippen MR) is 52.5 cm³/mol. The third kappa shape index (κ3) is 2.25. The molecule has 2 heterocycles. The molecule has 4 nitrogen and oxygen atoms in total. The molecule has 1 amide bonds. The van der Waals surface area contributed by atoms with Crippen LogP contribution in [-0.2, 0) is 9.63 Å². The Bertz CT molecular complexity index is 176. The number of carbonyl (C=O) groups is 1. The molecule has 0 aromatic heterocycles. The summed E-state index contributed by atoms with van der Waals surface area (Å²) in [4.78, 5) is 17.3. The van der Waals surface area contributed by atoms with Crippen molar-refractivity contribution in [3.63, 3.8) is 0 Å². The average Bonchev–Trinajstić information content (AvgIpc) is 2.30. The van der Waals surface area contributed by atoms with Crippen molar-refractivity contribution >= 4 is 5.91 Å². The number of nitrogens with one attached hydrogen (secondary N) is 1. The lowest BCUT2D eigenvalue weighted by atomic mass is 9.98. The van der Waals surface area contributed by atoms with E-state index in [1.165, 1.54) is 0 Å². The lowest BCUT2D eigenvalue weighted by molar-refractivity contribution is -0.201. The number of nitrogens with zero attached hydrogens (tertiary/aromatic N) is 1. The van der Waals surface area contributed by atoms with Gasteiger partial charge in [-0.2, -0.15) is 0 Å². The third-order valence-electron chi connectivity index (χ3n) is 2.89. The summed E-state index contributed by atoms with van der Waals surface area (Å²) >= 11 is 0. The van der Waals surface area contributed by atoms with Crippen molar-refractivity contribution < 1.29 is 9.63 Å². The zero-order chi connectivity index (χ0) is 9.80. The maximum absolute atomic E-state index is 11.9. The zero-order valence-corrected chi connectivity index (χ0v) is 8.50. The Balaban J connectivity index is 1.85. The van der Waals surface area contributed by atoms with Crippen molar-refractivity contribution in [3.8, 4) is 0 Å². The van der Waals surface area contributed by atoms with Crippen LogP contribution in [0.2, 0.25) is 0 Å². The van der Waals surface area contributed by atoms with Gasteiger partial charge in [-0.25, -0.2) is 5.06 Å². The van der Waals surface area contributed by atoms with Crippen molar-refractivity contribution in [1.29, 1.82) is 0 Å². The van der Waals surface area contributed by atoms with Crippen LogP contribution in [0.3, 0.4) is 0 Å².